The quantitative estimate of drug-likeness (QED) is 0.710. The van der Waals surface area contributed by atoms with Crippen LogP contribution in [0.25, 0.3) is 10.2 Å². The summed E-state index contributed by atoms with van der Waals surface area (Å²) in [7, 11) is 0. The van der Waals surface area contributed by atoms with Gasteiger partial charge in [0.05, 0.1) is 16.3 Å². The van der Waals surface area contributed by atoms with Crippen molar-refractivity contribution in [3.8, 4) is 0 Å². The number of aromatic nitrogens is 1. The van der Waals surface area contributed by atoms with Gasteiger partial charge in [-0.3, -0.25) is 0 Å². The van der Waals surface area contributed by atoms with Crippen LogP contribution >= 0.6 is 27.3 Å². The number of nitrogens with zero attached hydrogens (tertiary/aromatic N) is 1. The van der Waals surface area contributed by atoms with Gasteiger partial charge in [-0.25, -0.2) is 4.98 Å². The number of halogens is 1. The predicted octanol–water partition coefficient (Wildman–Crippen LogP) is 5.23. The first-order chi connectivity index (χ1) is 9.22. The van der Waals surface area contributed by atoms with Gasteiger partial charge in [0.25, 0.3) is 0 Å². The van der Waals surface area contributed by atoms with Gasteiger partial charge in [-0.15, -0.1) is 0 Å². The van der Waals surface area contributed by atoms with Crippen molar-refractivity contribution in [2.75, 3.05) is 5.32 Å². The van der Waals surface area contributed by atoms with Crippen molar-refractivity contribution in [2.45, 2.75) is 13.0 Å². The molecule has 4 heteroatoms. The van der Waals surface area contributed by atoms with E-state index < -0.39 is 0 Å². The first-order valence-electron chi connectivity index (χ1n) is 6.10. The third-order valence-electron chi connectivity index (χ3n) is 3.00. The van der Waals surface area contributed by atoms with Crippen LogP contribution in [0.2, 0.25) is 0 Å². The Labute approximate surface area is 124 Å². The summed E-state index contributed by atoms with van der Waals surface area (Å²) in [5.74, 6) is 0. The molecule has 2 nitrogen and oxygen atoms in total. The van der Waals surface area contributed by atoms with Gasteiger partial charge in [-0.2, -0.15) is 0 Å². The first kappa shape index (κ1) is 12.6. The fraction of sp³-hybridized carbons (Fsp3) is 0.133. The molecule has 3 aromatic rings. The Morgan fingerprint density at radius 3 is 2.58 bits per heavy atom. The molecule has 0 amide bonds. The zero-order valence-corrected chi connectivity index (χ0v) is 12.8. The molecule has 1 atom stereocenters. The Morgan fingerprint density at radius 1 is 1.11 bits per heavy atom. The van der Waals surface area contributed by atoms with Gasteiger partial charge in [0, 0.05) is 4.47 Å². The highest BCUT2D eigenvalue weighted by atomic mass is 79.9. The summed E-state index contributed by atoms with van der Waals surface area (Å²) in [6.45, 7) is 2.15. The summed E-state index contributed by atoms with van der Waals surface area (Å²) in [4.78, 5) is 4.59. The molecule has 1 N–H and O–H groups in total. The van der Waals surface area contributed by atoms with Crippen LogP contribution in [0.15, 0.2) is 53.0 Å². The van der Waals surface area contributed by atoms with Gasteiger partial charge in [0.15, 0.2) is 5.13 Å². The molecule has 0 fully saturated rings. The van der Waals surface area contributed by atoms with E-state index >= 15 is 0 Å². The molecule has 2 aromatic carbocycles. The largest absolute Gasteiger partial charge is 0.355 e. The highest BCUT2D eigenvalue weighted by molar-refractivity contribution is 9.10. The van der Waals surface area contributed by atoms with Crippen LogP contribution in [0, 0.1) is 0 Å². The van der Waals surface area contributed by atoms with E-state index in [1.807, 2.05) is 18.2 Å². The summed E-state index contributed by atoms with van der Waals surface area (Å²) >= 11 is 5.15. The van der Waals surface area contributed by atoms with Crippen LogP contribution < -0.4 is 5.32 Å². The van der Waals surface area contributed by atoms with Crippen LogP contribution in [0.3, 0.4) is 0 Å². The predicted molar refractivity (Wildman–Crippen MR) is 85.8 cm³/mol. The number of para-hydroxylation sites is 1. The van der Waals surface area contributed by atoms with Crippen molar-refractivity contribution in [3.05, 3.63) is 58.6 Å². The standard InChI is InChI=1S/C15H13BrN2S/c1-10(11-6-8-12(16)9-7-11)17-15-18-13-4-2-3-5-14(13)19-15/h2-10H,1H3,(H,17,18). The van der Waals surface area contributed by atoms with E-state index in [4.69, 9.17) is 0 Å². The number of benzene rings is 2. The molecular formula is C15H13BrN2S. The maximum Gasteiger partial charge on any atom is 0.184 e. The molecule has 1 aromatic heterocycles. The van der Waals surface area contributed by atoms with Crippen LogP contribution in [0.5, 0.6) is 0 Å². The molecule has 0 saturated carbocycles. The summed E-state index contributed by atoms with van der Waals surface area (Å²) in [6, 6.07) is 16.8. The minimum Gasteiger partial charge on any atom is -0.355 e. The number of hydrogen-bond acceptors (Lipinski definition) is 3. The minimum absolute atomic E-state index is 0.244. The van der Waals surface area contributed by atoms with Gasteiger partial charge in [0.2, 0.25) is 0 Å². The zero-order valence-electron chi connectivity index (χ0n) is 10.4. The van der Waals surface area contributed by atoms with Crippen molar-refractivity contribution in [2.24, 2.45) is 0 Å². The van der Waals surface area contributed by atoms with Gasteiger partial charge in [-0.1, -0.05) is 51.5 Å². The fourth-order valence-electron chi connectivity index (χ4n) is 1.95. The number of fused-ring (bicyclic) bond motifs is 1. The van der Waals surface area contributed by atoms with Gasteiger partial charge in [0.1, 0.15) is 0 Å². The van der Waals surface area contributed by atoms with E-state index in [-0.39, 0.29) is 6.04 Å². The number of rotatable bonds is 3. The molecule has 0 aliphatic rings. The first-order valence-corrected chi connectivity index (χ1v) is 7.71. The lowest BCUT2D eigenvalue weighted by atomic mass is 10.1. The number of hydrogen-bond donors (Lipinski definition) is 1. The summed E-state index contributed by atoms with van der Waals surface area (Å²) in [5.41, 5.74) is 2.31. The van der Waals surface area contributed by atoms with Gasteiger partial charge < -0.3 is 5.32 Å². The Hall–Kier alpha value is -1.39. The van der Waals surface area contributed by atoms with E-state index in [1.165, 1.54) is 10.3 Å². The summed E-state index contributed by atoms with van der Waals surface area (Å²) in [6.07, 6.45) is 0. The van der Waals surface area contributed by atoms with Gasteiger partial charge in [-0.05, 0) is 36.8 Å². The van der Waals surface area contributed by atoms with Crippen molar-refractivity contribution in [1.29, 1.82) is 0 Å². The van der Waals surface area contributed by atoms with Crippen molar-refractivity contribution < 1.29 is 0 Å². The zero-order chi connectivity index (χ0) is 13.2. The molecule has 19 heavy (non-hydrogen) atoms. The molecule has 1 heterocycles. The molecule has 0 saturated heterocycles. The third kappa shape index (κ3) is 2.80. The molecule has 0 bridgehead atoms. The second-order valence-corrected chi connectivity index (χ2v) is 6.35. The SMILES string of the molecule is CC(Nc1nc2ccccc2s1)c1ccc(Br)cc1. The molecule has 0 radical (unpaired) electrons. The Bertz CT molecular complexity index is 658. The Morgan fingerprint density at radius 2 is 1.84 bits per heavy atom. The normalized spacial score (nSPS) is 12.5. The monoisotopic (exact) mass is 332 g/mol. The average molecular weight is 333 g/mol. The molecule has 3 rings (SSSR count). The lowest BCUT2D eigenvalue weighted by molar-refractivity contribution is 0.882. The molecule has 0 aliphatic carbocycles. The number of nitrogens with one attached hydrogen (secondary N) is 1. The maximum atomic E-state index is 4.59. The van der Waals surface area contributed by atoms with Crippen molar-refractivity contribution in [1.82, 2.24) is 4.98 Å². The van der Waals surface area contributed by atoms with Crippen molar-refractivity contribution >= 4 is 42.6 Å². The highest BCUT2D eigenvalue weighted by Gasteiger charge is 2.08. The van der Waals surface area contributed by atoms with E-state index in [0.717, 1.165) is 15.1 Å². The smallest absolute Gasteiger partial charge is 0.184 e. The Kier molecular flexibility index (Phi) is 3.53. The average Bonchev–Trinajstić information content (AvgIpc) is 2.81. The number of anilines is 1. The van der Waals surface area contributed by atoms with E-state index in [9.17, 15) is 0 Å². The molecule has 0 spiro atoms. The minimum atomic E-state index is 0.244. The molecular weight excluding hydrogens is 320 g/mol. The fourth-order valence-corrected chi connectivity index (χ4v) is 3.17. The van der Waals surface area contributed by atoms with Crippen LogP contribution in [0.1, 0.15) is 18.5 Å². The lowest BCUT2D eigenvalue weighted by Crippen LogP contribution is -2.05. The molecule has 1 unspecified atom stereocenters. The van der Waals surface area contributed by atoms with Crippen LogP contribution in [0.4, 0.5) is 5.13 Å². The van der Waals surface area contributed by atoms with E-state index in [2.05, 4.69) is 63.5 Å². The maximum absolute atomic E-state index is 4.59. The van der Waals surface area contributed by atoms with E-state index in [0.29, 0.717) is 0 Å². The summed E-state index contributed by atoms with van der Waals surface area (Å²) in [5, 5.41) is 4.43. The molecule has 0 aliphatic heterocycles. The van der Waals surface area contributed by atoms with Gasteiger partial charge >= 0.3 is 0 Å². The summed E-state index contributed by atoms with van der Waals surface area (Å²) < 4.78 is 2.32. The second-order valence-electron chi connectivity index (χ2n) is 4.40. The highest BCUT2D eigenvalue weighted by Crippen LogP contribution is 2.28. The molecule has 96 valence electrons. The number of thiazole rings is 1. The van der Waals surface area contributed by atoms with E-state index in [1.54, 1.807) is 11.3 Å². The van der Waals surface area contributed by atoms with Crippen molar-refractivity contribution in [3.63, 3.8) is 0 Å². The lowest BCUT2D eigenvalue weighted by Gasteiger charge is -2.13. The second kappa shape index (κ2) is 5.31. The van der Waals surface area contributed by atoms with Crippen LogP contribution in [-0.2, 0) is 0 Å². The topological polar surface area (TPSA) is 24.9 Å². The Balaban J connectivity index is 1.82. The third-order valence-corrected chi connectivity index (χ3v) is 4.50. The van der Waals surface area contributed by atoms with Crippen LogP contribution in [-0.4, -0.2) is 4.98 Å².